The standard InChI is InChI=1S/C11H12ClNO/c1-2-11(14)13-7-6-9-4-3-5-10(12)8-9/h2-5,8H,1,6-7H2,(H,13,14). The third-order valence-corrected chi connectivity index (χ3v) is 2.02. The highest BCUT2D eigenvalue weighted by atomic mass is 35.5. The average molecular weight is 210 g/mol. The first-order valence-electron chi connectivity index (χ1n) is 4.37. The predicted molar refractivity (Wildman–Crippen MR) is 58.4 cm³/mol. The highest BCUT2D eigenvalue weighted by Gasteiger charge is 1.96. The van der Waals surface area contributed by atoms with Crippen molar-refractivity contribution in [3.63, 3.8) is 0 Å². The van der Waals surface area contributed by atoms with Crippen molar-refractivity contribution in [1.29, 1.82) is 0 Å². The SMILES string of the molecule is C=CC(=O)NCCc1cccc(Cl)c1. The van der Waals surface area contributed by atoms with Gasteiger partial charge in [0.25, 0.3) is 0 Å². The van der Waals surface area contributed by atoms with Crippen LogP contribution < -0.4 is 5.32 Å². The fourth-order valence-corrected chi connectivity index (χ4v) is 1.31. The summed E-state index contributed by atoms with van der Waals surface area (Å²) in [4.78, 5) is 10.8. The second kappa shape index (κ2) is 5.45. The van der Waals surface area contributed by atoms with Gasteiger partial charge in [0.05, 0.1) is 0 Å². The highest BCUT2D eigenvalue weighted by Crippen LogP contribution is 2.10. The molecule has 0 atom stereocenters. The summed E-state index contributed by atoms with van der Waals surface area (Å²) in [5.41, 5.74) is 1.11. The number of nitrogens with one attached hydrogen (secondary N) is 1. The van der Waals surface area contributed by atoms with Crippen molar-refractivity contribution in [3.8, 4) is 0 Å². The van der Waals surface area contributed by atoms with Crippen molar-refractivity contribution in [2.24, 2.45) is 0 Å². The van der Waals surface area contributed by atoms with Gasteiger partial charge in [-0.3, -0.25) is 4.79 Å². The maximum absolute atomic E-state index is 10.8. The molecule has 1 N–H and O–H groups in total. The number of hydrogen-bond donors (Lipinski definition) is 1. The fourth-order valence-electron chi connectivity index (χ4n) is 1.09. The zero-order valence-corrected chi connectivity index (χ0v) is 8.55. The lowest BCUT2D eigenvalue weighted by Gasteiger charge is -2.02. The Morgan fingerprint density at radius 1 is 1.57 bits per heavy atom. The van der Waals surface area contributed by atoms with Gasteiger partial charge in [-0.1, -0.05) is 30.3 Å². The lowest BCUT2D eigenvalue weighted by molar-refractivity contribution is -0.116. The molecule has 0 aromatic heterocycles. The predicted octanol–water partition coefficient (Wildman–Crippen LogP) is 2.18. The van der Waals surface area contributed by atoms with Crippen LogP contribution in [0.2, 0.25) is 5.02 Å². The minimum Gasteiger partial charge on any atom is -0.352 e. The molecule has 0 bridgehead atoms. The molecule has 0 aliphatic heterocycles. The van der Waals surface area contributed by atoms with E-state index in [1.54, 1.807) is 0 Å². The van der Waals surface area contributed by atoms with E-state index in [1.165, 1.54) is 6.08 Å². The number of hydrogen-bond acceptors (Lipinski definition) is 1. The third kappa shape index (κ3) is 3.62. The van der Waals surface area contributed by atoms with E-state index >= 15 is 0 Å². The molecular formula is C11H12ClNO. The van der Waals surface area contributed by atoms with Gasteiger partial charge in [0.15, 0.2) is 0 Å². The van der Waals surface area contributed by atoms with Crippen molar-refractivity contribution >= 4 is 17.5 Å². The molecule has 3 heteroatoms. The molecule has 0 spiro atoms. The number of amides is 1. The number of halogens is 1. The van der Waals surface area contributed by atoms with E-state index < -0.39 is 0 Å². The summed E-state index contributed by atoms with van der Waals surface area (Å²) >= 11 is 5.81. The van der Waals surface area contributed by atoms with Crippen molar-refractivity contribution in [1.82, 2.24) is 5.32 Å². The molecule has 0 radical (unpaired) electrons. The molecule has 0 aliphatic carbocycles. The molecule has 74 valence electrons. The monoisotopic (exact) mass is 209 g/mol. The van der Waals surface area contributed by atoms with Crippen LogP contribution in [0.4, 0.5) is 0 Å². The van der Waals surface area contributed by atoms with Crippen LogP contribution in [0.25, 0.3) is 0 Å². The van der Waals surface area contributed by atoms with Gasteiger partial charge in [-0.25, -0.2) is 0 Å². The summed E-state index contributed by atoms with van der Waals surface area (Å²) in [6.45, 7) is 3.97. The molecule has 14 heavy (non-hydrogen) atoms. The first-order valence-corrected chi connectivity index (χ1v) is 4.75. The van der Waals surface area contributed by atoms with E-state index in [0.717, 1.165) is 17.0 Å². The van der Waals surface area contributed by atoms with Crippen LogP contribution in [0.5, 0.6) is 0 Å². The van der Waals surface area contributed by atoms with Crippen molar-refractivity contribution in [3.05, 3.63) is 47.5 Å². The third-order valence-electron chi connectivity index (χ3n) is 1.79. The Labute approximate surface area is 88.6 Å². The van der Waals surface area contributed by atoms with Crippen molar-refractivity contribution < 1.29 is 4.79 Å². The summed E-state index contributed by atoms with van der Waals surface area (Å²) in [5.74, 6) is -0.146. The van der Waals surface area contributed by atoms with Gasteiger partial charge >= 0.3 is 0 Å². The molecule has 1 aromatic rings. The van der Waals surface area contributed by atoms with Gasteiger partial charge < -0.3 is 5.32 Å². The Kier molecular flexibility index (Phi) is 4.20. The van der Waals surface area contributed by atoms with Crippen LogP contribution in [-0.2, 0) is 11.2 Å². The number of rotatable bonds is 4. The van der Waals surface area contributed by atoms with Gasteiger partial charge in [0.2, 0.25) is 5.91 Å². The highest BCUT2D eigenvalue weighted by molar-refractivity contribution is 6.30. The summed E-state index contributed by atoms with van der Waals surface area (Å²) < 4.78 is 0. The van der Waals surface area contributed by atoms with Crippen LogP contribution in [0.15, 0.2) is 36.9 Å². The molecule has 0 fully saturated rings. The number of carbonyl (C=O) groups excluding carboxylic acids is 1. The number of carbonyl (C=O) groups is 1. The minimum atomic E-state index is -0.146. The Morgan fingerprint density at radius 2 is 2.36 bits per heavy atom. The van der Waals surface area contributed by atoms with Gasteiger partial charge in [-0.2, -0.15) is 0 Å². The lowest BCUT2D eigenvalue weighted by Crippen LogP contribution is -2.23. The van der Waals surface area contributed by atoms with Gasteiger partial charge in [0.1, 0.15) is 0 Å². The Bertz CT molecular complexity index is 336. The largest absolute Gasteiger partial charge is 0.352 e. The van der Waals surface area contributed by atoms with Gasteiger partial charge in [0, 0.05) is 11.6 Å². The summed E-state index contributed by atoms with van der Waals surface area (Å²) in [6.07, 6.45) is 2.04. The zero-order valence-electron chi connectivity index (χ0n) is 7.79. The second-order valence-electron chi connectivity index (χ2n) is 2.88. The Balaban J connectivity index is 2.38. The molecule has 1 rings (SSSR count). The van der Waals surface area contributed by atoms with E-state index in [0.29, 0.717) is 6.54 Å². The van der Waals surface area contributed by atoms with Gasteiger partial charge in [-0.15, -0.1) is 0 Å². The molecule has 0 saturated heterocycles. The fraction of sp³-hybridized carbons (Fsp3) is 0.182. The topological polar surface area (TPSA) is 29.1 Å². The van der Waals surface area contributed by atoms with Crippen molar-refractivity contribution in [2.45, 2.75) is 6.42 Å². The summed E-state index contributed by atoms with van der Waals surface area (Å²) in [5, 5.41) is 3.42. The van der Waals surface area contributed by atoms with E-state index in [1.807, 2.05) is 24.3 Å². The van der Waals surface area contributed by atoms with E-state index in [4.69, 9.17) is 11.6 Å². The Morgan fingerprint density at radius 3 is 3.00 bits per heavy atom. The summed E-state index contributed by atoms with van der Waals surface area (Å²) in [6, 6.07) is 7.59. The zero-order chi connectivity index (χ0) is 10.4. The molecule has 0 unspecified atom stereocenters. The maximum atomic E-state index is 10.8. The second-order valence-corrected chi connectivity index (χ2v) is 3.31. The normalized spacial score (nSPS) is 9.50. The van der Waals surface area contributed by atoms with Crippen LogP contribution >= 0.6 is 11.6 Å². The van der Waals surface area contributed by atoms with Gasteiger partial charge in [-0.05, 0) is 30.2 Å². The van der Waals surface area contributed by atoms with E-state index in [2.05, 4.69) is 11.9 Å². The van der Waals surface area contributed by atoms with E-state index in [9.17, 15) is 4.79 Å². The minimum absolute atomic E-state index is 0.146. The quantitative estimate of drug-likeness (QED) is 0.757. The van der Waals surface area contributed by atoms with Crippen LogP contribution in [0.1, 0.15) is 5.56 Å². The molecule has 0 heterocycles. The first-order chi connectivity index (χ1) is 6.72. The van der Waals surface area contributed by atoms with Crippen LogP contribution in [-0.4, -0.2) is 12.5 Å². The Hall–Kier alpha value is -1.28. The first kappa shape index (κ1) is 10.8. The van der Waals surface area contributed by atoms with Crippen molar-refractivity contribution in [2.75, 3.05) is 6.54 Å². The molecular weight excluding hydrogens is 198 g/mol. The number of benzene rings is 1. The molecule has 0 saturated carbocycles. The molecule has 0 aliphatic rings. The molecule has 1 aromatic carbocycles. The van der Waals surface area contributed by atoms with Crippen LogP contribution in [0.3, 0.4) is 0 Å². The molecule has 1 amide bonds. The smallest absolute Gasteiger partial charge is 0.243 e. The maximum Gasteiger partial charge on any atom is 0.243 e. The lowest BCUT2D eigenvalue weighted by atomic mass is 10.1. The van der Waals surface area contributed by atoms with E-state index in [-0.39, 0.29) is 5.91 Å². The molecule has 2 nitrogen and oxygen atoms in total. The average Bonchev–Trinajstić information content (AvgIpc) is 2.17. The summed E-state index contributed by atoms with van der Waals surface area (Å²) in [7, 11) is 0. The van der Waals surface area contributed by atoms with Crippen LogP contribution in [0, 0.1) is 0 Å².